The SMILES string of the molecule is CCC(C)N(CC(=O)O)C(=O)N(C)CC(=O)N(CC)CC. The van der Waals surface area contributed by atoms with E-state index in [0.29, 0.717) is 19.5 Å². The van der Waals surface area contributed by atoms with Crippen molar-refractivity contribution in [2.24, 2.45) is 0 Å². The van der Waals surface area contributed by atoms with E-state index >= 15 is 0 Å². The molecule has 0 aromatic heterocycles. The highest BCUT2D eigenvalue weighted by Gasteiger charge is 2.26. The molecule has 0 aliphatic heterocycles. The smallest absolute Gasteiger partial charge is 0.323 e. The Morgan fingerprint density at radius 3 is 1.95 bits per heavy atom. The monoisotopic (exact) mass is 301 g/mol. The standard InChI is InChI=1S/C14H27N3O4/c1-6-11(4)17(10-13(19)20)14(21)15(5)9-12(18)16(7-2)8-3/h11H,6-10H2,1-5H3,(H,19,20). The number of aliphatic carboxylic acids is 1. The van der Waals surface area contributed by atoms with Crippen LogP contribution in [0.4, 0.5) is 4.79 Å². The highest BCUT2D eigenvalue weighted by Crippen LogP contribution is 2.07. The third-order valence-electron chi connectivity index (χ3n) is 3.49. The summed E-state index contributed by atoms with van der Waals surface area (Å²) in [7, 11) is 1.51. The van der Waals surface area contributed by atoms with Gasteiger partial charge in [-0.25, -0.2) is 4.79 Å². The first-order valence-corrected chi connectivity index (χ1v) is 7.29. The first-order valence-electron chi connectivity index (χ1n) is 7.29. The largest absolute Gasteiger partial charge is 0.480 e. The van der Waals surface area contributed by atoms with Gasteiger partial charge in [-0.15, -0.1) is 0 Å². The molecule has 0 aromatic carbocycles. The summed E-state index contributed by atoms with van der Waals surface area (Å²) in [6, 6.07) is -0.633. The molecule has 1 atom stereocenters. The molecule has 0 saturated carbocycles. The van der Waals surface area contributed by atoms with Crippen molar-refractivity contribution in [1.82, 2.24) is 14.7 Å². The topological polar surface area (TPSA) is 81.2 Å². The zero-order valence-electron chi connectivity index (χ0n) is 13.6. The van der Waals surface area contributed by atoms with E-state index in [1.165, 1.54) is 16.8 Å². The van der Waals surface area contributed by atoms with Crippen LogP contribution in [-0.2, 0) is 9.59 Å². The van der Waals surface area contributed by atoms with Gasteiger partial charge in [0.2, 0.25) is 5.91 Å². The predicted octanol–water partition coefficient (Wildman–Crippen LogP) is 1.09. The van der Waals surface area contributed by atoms with Crippen molar-refractivity contribution < 1.29 is 19.5 Å². The van der Waals surface area contributed by atoms with Crippen molar-refractivity contribution in [2.45, 2.75) is 40.2 Å². The zero-order valence-corrected chi connectivity index (χ0v) is 13.6. The summed E-state index contributed by atoms with van der Waals surface area (Å²) in [5, 5.41) is 8.92. The first kappa shape index (κ1) is 19.2. The zero-order chi connectivity index (χ0) is 16.6. The van der Waals surface area contributed by atoms with Crippen molar-refractivity contribution in [2.75, 3.05) is 33.2 Å². The Labute approximate surface area is 126 Å². The van der Waals surface area contributed by atoms with Crippen LogP contribution in [0.15, 0.2) is 0 Å². The average molecular weight is 301 g/mol. The van der Waals surface area contributed by atoms with Gasteiger partial charge in [-0.1, -0.05) is 6.92 Å². The van der Waals surface area contributed by atoms with E-state index in [1.807, 2.05) is 20.8 Å². The van der Waals surface area contributed by atoms with Gasteiger partial charge in [-0.3, -0.25) is 9.59 Å². The molecule has 7 heteroatoms. The van der Waals surface area contributed by atoms with Gasteiger partial charge in [0, 0.05) is 26.2 Å². The van der Waals surface area contributed by atoms with Crippen molar-refractivity contribution in [1.29, 1.82) is 0 Å². The quantitative estimate of drug-likeness (QED) is 0.727. The maximum absolute atomic E-state index is 12.3. The molecule has 122 valence electrons. The summed E-state index contributed by atoms with van der Waals surface area (Å²) < 4.78 is 0. The van der Waals surface area contributed by atoms with Crippen LogP contribution in [0.3, 0.4) is 0 Å². The van der Waals surface area contributed by atoms with E-state index in [4.69, 9.17) is 5.11 Å². The molecule has 1 unspecified atom stereocenters. The number of nitrogens with zero attached hydrogens (tertiary/aromatic N) is 3. The Balaban J connectivity index is 4.84. The molecule has 0 aliphatic rings. The third kappa shape index (κ3) is 6.01. The highest BCUT2D eigenvalue weighted by atomic mass is 16.4. The van der Waals surface area contributed by atoms with Gasteiger partial charge < -0.3 is 19.8 Å². The predicted molar refractivity (Wildman–Crippen MR) is 80.0 cm³/mol. The Bertz CT molecular complexity index is 369. The van der Waals surface area contributed by atoms with Crippen molar-refractivity contribution >= 4 is 17.9 Å². The molecule has 0 heterocycles. The Hall–Kier alpha value is -1.79. The second-order valence-corrected chi connectivity index (χ2v) is 4.98. The summed E-state index contributed by atoms with van der Waals surface area (Å²) in [4.78, 5) is 39.4. The second-order valence-electron chi connectivity index (χ2n) is 4.98. The van der Waals surface area contributed by atoms with Crippen LogP contribution in [0.25, 0.3) is 0 Å². The lowest BCUT2D eigenvalue weighted by atomic mass is 10.2. The first-order chi connectivity index (χ1) is 9.78. The van der Waals surface area contributed by atoms with E-state index in [-0.39, 0.29) is 25.0 Å². The van der Waals surface area contributed by atoms with Crippen LogP contribution < -0.4 is 0 Å². The highest BCUT2D eigenvalue weighted by molar-refractivity contribution is 5.85. The van der Waals surface area contributed by atoms with Crippen LogP contribution in [0, 0.1) is 0 Å². The number of urea groups is 1. The van der Waals surface area contributed by atoms with Crippen LogP contribution in [0.1, 0.15) is 34.1 Å². The average Bonchev–Trinajstić information content (AvgIpc) is 2.44. The number of rotatable bonds is 8. The Morgan fingerprint density at radius 1 is 1.05 bits per heavy atom. The van der Waals surface area contributed by atoms with Crippen LogP contribution in [0.2, 0.25) is 0 Å². The minimum absolute atomic E-state index is 0.0485. The molecular weight excluding hydrogens is 274 g/mol. The molecule has 0 spiro atoms. The van der Waals surface area contributed by atoms with Crippen molar-refractivity contribution in [3.05, 3.63) is 0 Å². The normalized spacial score (nSPS) is 11.7. The van der Waals surface area contributed by atoms with E-state index in [0.717, 1.165) is 0 Å². The Morgan fingerprint density at radius 2 is 1.57 bits per heavy atom. The van der Waals surface area contributed by atoms with Gasteiger partial charge in [-0.05, 0) is 27.2 Å². The summed E-state index contributed by atoms with van der Waals surface area (Å²) in [6.45, 7) is 8.18. The number of amides is 3. The summed E-state index contributed by atoms with van der Waals surface area (Å²) in [5.41, 5.74) is 0. The number of hydrogen-bond donors (Lipinski definition) is 1. The molecule has 1 N–H and O–H groups in total. The molecule has 0 bridgehead atoms. The lowest BCUT2D eigenvalue weighted by Crippen LogP contribution is -2.50. The van der Waals surface area contributed by atoms with Crippen molar-refractivity contribution in [3.63, 3.8) is 0 Å². The van der Waals surface area contributed by atoms with E-state index in [1.54, 1.807) is 11.8 Å². The van der Waals surface area contributed by atoms with E-state index in [2.05, 4.69) is 0 Å². The molecule has 0 radical (unpaired) electrons. The summed E-state index contributed by atoms with van der Waals surface area (Å²) in [5.74, 6) is -1.21. The maximum Gasteiger partial charge on any atom is 0.323 e. The fourth-order valence-corrected chi connectivity index (χ4v) is 1.94. The van der Waals surface area contributed by atoms with Crippen LogP contribution in [-0.4, -0.2) is 77.0 Å². The second kappa shape index (κ2) is 9.20. The van der Waals surface area contributed by atoms with Gasteiger partial charge in [0.05, 0.1) is 0 Å². The number of carbonyl (C=O) groups is 3. The molecule has 0 rings (SSSR count). The van der Waals surface area contributed by atoms with E-state index < -0.39 is 12.0 Å². The molecular formula is C14H27N3O4. The fourth-order valence-electron chi connectivity index (χ4n) is 1.94. The van der Waals surface area contributed by atoms with Gasteiger partial charge in [-0.2, -0.15) is 0 Å². The lowest BCUT2D eigenvalue weighted by Gasteiger charge is -2.32. The van der Waals surface area contributed by atoms with Crippen LogP contribution >= 0.6 is 0 Å². The van der Waals surface area contributed by atoms with Gasteiger partial charge in [0.15, 0.2) is 0 Å². The minimum Gasteiger partial charge on any atom is -0.480 e. The number of carboxylic acid groups (broad SMARTS) is 1. The van der Waals surface area contributed by atoms with E-state index in [9.17, 15) is 14.4 Å². The van der Waals surface area contributed by atoms with Gasteiger partial charge in [0.25, 0.3) is 0 Å². The molecule has 3 amide bonds. The molecule has 0 aliphatic carbocycles. The van der Waals surface area contributed by atoms with Gasteiger partial charge >= 0.3 is 12.0 Å². The number of carbonyl (C=O) groups excluding carboxylic acids is 2. The van der Waals surface area contributed by atoms with Crippen molar-refractivity contribution in [3.8, 4) is 0 Å². The molecule has 0 aromatic rings. The number of likely N-dealkylation sites (N-methyl/N-ethyl adjacent to an activating group) is 2. The molecule has 0 fully saturated rings. The molecule has 21 heavy (non-hydrogen) atoms. The van der Waals surface area contributed by atoms with Gasteiger partial charge in [0.1, 0.15) is 13.1 Å². The minimum atomic E-state index is -1.06. The molecule has 7 nitrogen and oxygen atoms in total. The maximum atomic E-state index is 12.3. The summed E-state index contributed by atoms with van der Waals surface area (Å²) >= 11 is 0. The number of carboxylic acids is 1. The summed E-state index contributed by atoms with van der Waals surface area (Å²) in [6.07, 6.45) is 0.650. The molecule has 0 saturated heterocycles. The van der Waals surface area contributed by atoms with Crippen LogP contribution in [0.5, 0.6) is 0 Å². The lowest BCUT2D eigenvalue weighted by molar-refractivity contribution is -0.138. The Kier molecular flexibility index (Phi) is 8.42. The third-order valence-corrected chi connectivity index (χ3v) is 3.49. The fraction of sp³-hybridized carbons (Fsp3) is 0.786. The number of hydrogen-bond acceptors (Lipinski definition) is 3.